The van der Waals surface area contributed by atoms with Gasteiger partial charge in [0.2, 0.25) is 6.79 Å². The van der Waals surface area contributed by atoms with Gasteiger partial charge in [0, 0.05) is 26.2 Å². The summed E-state index contributed by atoms with van der Waals surface area (Å²) >= 11 is 0. The highest BCUT2D eigenvalue weighted by atomic mass is 19.4. The number of aliphatic carboxylic acids is 1. The number of nitrogens with zero attached hydrogens (tertiary/aromatic N) is 2. The minimum absolute atomic E-state index is 0.189. The van der Waals surface area contributed by atoms with E-state index < -0.39 is 12.1 Å². The van der Waals surface area contributed by atoms with Gasteiger partial charge in [0.15, 0.2) is 11.5 Å². The quantitative estimate of drug-likeness (QED) is 0.724. The number of fused-ring (bicyclic) bond motifs is 2. The Morgan fingerprint density at radius 2 is 1.79 bits per heavy atom. The molecular weight excluding hydrogens is 445 g/mol. The van der Waals surface area contributed by atoms with Crippen LogP contribution in [0.3, 0.4) is 0 Å². The van der Waals surface area contributed by atoms with Gasteiger partial charge in [0.25, 0.3) is 5.91 Å². The number of likely N-dealkylation sites (tertiary alicyclic amines) is 2. The minimum Gasteiger partial charge on any atom is -0.475 e. The first-order chi connectivity index (χ1) is 15.7. The van der Waals surface area contributed by atoms with Crippen molar-refractivity contribution < 1.29 is 42.1 Å². The van der Waals surface area contributed by atoms with Gasteiger partial charge in [-0.05, 0) is 55.8 Å². The number of hydrogen-bond acceptors (Lipinski definition) is 6. The van der Waals surface area contributed by atoms with E-state index in [2.05, 4.69) is 17.0 Å². The maximum Gasteiger partial charge on any atom is 0.490 e. The minimum atomic E-state index is -5.08. The van der Waals surface area contributed by atoms with E-state index in [0.29, 0.717) is 12.7 Å². The van der Waals surface area contributed by atoms with Gasteiger partial charge >= 0.3 is 12.1 Å². The van der Waals surface area contributed by atoms with Gasteiger partial charge in [-0.2, -0.15) is 13.2 Å². The second-order valence-electron chi connectivity index (χ2n) is 8.71. The van der Waals surface area contributed by atoms with Crippen molar-refractivity contribution in [3.05, 3.63) is 23.8 Å². The number of amides is 1. The van der Waals surface area contributed by atoms with Crippen molar-refractivity contribution >= 4 is 11.9 Å². The number of carboxylic acid groups (broad SMARTS) is 1. The molecule has 3 atom stereocenters. The number of rotatable bonds is 3. The third kappa shape index (κ3) is 5.70. The van der Waals surface area contributed by atoms with Gasteiger partial charge in [-0.25, -0.2) is 4.79 Å². The Balaban J connectivity index is 0.000000325. The Bertz CT molecular complexity index is 874. The number of halogens is 3. The van der Waals surface area contributed by atoms with E-state index in [1.807, 2.05) is 11.0 Å². The van der Waals surface area contributed by atoms with Gasteiger partial charge < -0.3 is 24.2 Å². The van der Waals surface area contributed by atoms with Crippen molar-refractivity contribution in [3.8, 4) is 11.5 Å². The molecule has 4 heterocycles. The number of carbonyl (C=O) groups excluding carboxylic acids is 1. The summed E-state index contributed by atoms with van der Waals surface area (Å²) in [6.07, 6.45) is -0.831. The largest absolute Gasteiger partial charge is 0.490 e. The summed E-state index contributed by atoms with van der Waals surface area (Å²) < 4.78 is 48.8. The molecule has 3 saturated heterocycles. The monoisotopic (exact) mass is 472 g/mol. The summed E-state index contributed by atoms with van der Waals surface area (Å²) in [5.41, 5.74) is 1.23. The summed E-state index contributed by atoms with van der Waals surface area (Å²) in [5.74, 6) is -0.341. The molecule has 4 aliphatic rings. The lowest BCUT2D eigenvalue weighted by Gasteiger charge is -2.34. The first kappa shape index (κ1) is 23.6. The van der Waals surface area contributed by atoms with Crippen LogP contribution < -0.4 is 9.47 Å². The zero-order chi connectivity index (χ0) is 23.6. The standard InChI is InChI=1S/C20H26N2O4.C2HF3O2/c23-20(22-6-1-2-7-22)18-10-15-5-8-21(12-19(15)26-18)11-14-3-4-16-17(9-14)25-13-24-16;3-2(4,5)1(6)7/h3-4,9,15,18-19H,1-2,5-8,10-13H2;(H,6,7)/t15-,18-,19-;/m0./s1. The van der Waals surface area contributed by atoms with E-state index in [0.717, 1.165) is 69.9 Å². The van der Waals surface area contributed by atoms with Crippen LogP contribution in [0.4, 0.5) is 13.2 Å². The molecule has 1 aromatic rings. The van der Waals surface area contributed by atoms with Crippen LogP contribution in [-0.4, -0.2) is 78.1 Å². The molecule has 0 aliphatic carbocycles. The maximum absolute atomic E-state index is 12.6. The van der Waals surface area contributed by atoms with Gasteiger partial charge in [-0.1, -0.05) is 6.07 Å². The predicted molar refractivity (Wildman–Crippen MR) is 109 cm³/mol. The SMILES string of the molecule is O=C(O)C(F)(F)F.O=C([C@@H]1C[C@@H]2CCN(Cc3ccc4c(c3)OCO4)C[C@@H]2O1)N1CCCC1. The van der Waals surface area contributed by atoms with E-state index in [4.69, 9.17) is 24.1 Å². The van der Waals surface area contributed by atoms with Crippen molar-refractivity contribution in [2.24, 2.45) is 5.92 Å². The Labute approximate surface area is 189 Å². The van der Waals surface area contributed by atoms with E-state index in [1.165, 1.54) is 5.56 Å². The van der Waals surface area contributed by atoms with E-state index >= 15 is 0 Å². The summed E-state index contributed by atoms with van der Waals surface area (Å²) in [6.45, 7) is 4.97. The first-order valence-corrected chi connectivity index (χ1v) is 11.1. The highest BCUT2D eigenvalue weighted by molar-refractivity contribution is 5.81. The van der Waals surface area contributed by atoms with E-state index in [9.17, 15) is 18.0 Å². The highest BCUT2D eigenvalue weighted by Gasteiger charge is 2.43. The van der Waals surface area contributed by atoms with Crippen molar-refractivity contribution in [2.45, 2.75) is 50.6 Å². The van der Waals surface area contributed by atoms with Crippen LogP contribution in [0.1, 0.15) is 31.2 Å². The lowest BCUT2D eigenvalue weighted by atomic mass is 9.91. The number of hydrogen-bond donors (Lipinski definition) is 1. The van der Waals surface area contributed by atoms with E-state index in [-0.39, 0.29) is 18.1 Å². The molecule has 0 unspecified atom stereocenters. The third-order valence-electron chi connectivity index (χ3n) is 6.41. The van der Waals surface area contributed by atoms with Crippen LogP contribution in [0, 0.1) is 5.92 Å². The molecule has 1 N–H and O–H groups in total. The van der Waals surface area contributed by atoms with Gasteiger partial charge in [0.05, 0.1) is 6.10 Å². The Hall–Kier alpha value is -2.53. The average Bonchev–Trinajstić information content (AvgIpc) is 3.52. The number of piperidine rings is 1. The molecule has 5 rings (SSSR count). The molecule has 0 aromatic heterocycles. The molecule has 0 radical (unpaired) electrons. The molecule has 1 aromatic carbocycles. The Morgan fingerprint density at radius 1 is 1.09 bits per heavy atom. The molecule has 8 nitrogen and oxygen atoms in total. The van der Waals surface area contributed by atoms with Crippen LogP contribution in [-0.2, 0) is 20.9 Å². The molecule has 0 saturated carbocycles. The fourth-order valence-electron chi connectivity index (χ4n) is 4.74. The number of benzene rings is 1. The predicted octanol–water partition coefficient (Wildman–Crippen LogP) is 2.65. The fourth-order valence-corrected chi connectivity index (χ4v) is 4.74. The first-order valence-electron chi connectivity index (χ1n) is 11.1. The van der Waals surface area contributed by atoms with Crippen LogP contribution >= 0.6 is 0 Å². The van der Waals surface area contributed by atoms with Crippen LogP contribution in [0.5, 0.6) is 11.5 Å². The topological polar surface area (TPSA) is 88.5 Å². The lowest BCUT2D eigenvalue weighted by molar-refractivity contribution is -0.192. The zero-order valence-electron chi connectivity index (χ0n) is 18.1. The summed E-state index contributed by atoms with van der Waals surface area (Å²) in [7, 11) is 0. The Kier molecular flexibility index (Phi) is 6.99. The smallest absolute Gasteiger partial charge is 0.475 e. The number of alkyl halides is 3. The molecule has 11 heteroatoms. The van der Waals surface area contributed by atoms with Crippen molar-refractivity contribution in [2.75, 3.05) is 33.0 Å². The van der Waals surface area contributed by atoms with Crippen LogP contribution in [0.15, 0.2) is 18.2 Å². The van der Waals surface area contributed by atoms with E-state index in [1.54, 1.807) is 0 Å². The van der Waals surface area contributed by atoms with Gasteiger partial charge in [-0.3, -0.25) is 9.69 Å². The van der Waals surface area contributed by atoms with Crippen molar-refractivity contribution in [3.63, 3.8) is 0 Å². The molecule has 0 bridgehead atoms. The Morgan fingerprint density at radius 3 is 2.48 bits per heavy atom. The molecular formula is C22H27F3N2O6. The number of carboxylic acids is 1. The van der Waals surface area contributed by atoms with Crippen molar-refractivity contribution in [1.82, 2.24) is 9.80 Å². The maximum atomic E-state index is 12.6. The molecule has 182 valence electrons. The molecule has 33 heavy (non-hydrogen) atoms. The zero-order valence-corrected chi connectivity index (χ0v) is 18.1. The van der Waals surface area contributed by atoms with Crippen LogP contribution in [0.2, 0.25) is 0 Å². The molecule has 0 spiro atoms. The summed E-state index contributed by atoms with van der Waals surface area (Å²) in [6, 6.07) is 6.17. The van der Waals surface area contributed by atoms with Gasteiger partial charge in [0.1, 0.15) is 6.10 Å². The molecule has 4 aliphatic heterocycles. The van der Waals surface area contributed by atoms with Crippen molar-refractivity contribution in [1.29, 1.82) is 0 Å². The lowest BCUT2D eigenvalue weighted by Crippen LogP contribution is -2.42. The summed E-state index contributed by atoms with van der Waals surface area (Å²) in [4.78, 5) is 26.0. The normalized spacial score (nSPS) is 26.5. The second-order valence-corrected chi connectivity index (χ2v) is 8.71. The summed E-state index contributed by atoms with van der Waals surface area (Å²) in [5, 5.41) is 7.12. The molecule has 1 amide bonds. The average molecular weight is 472 g/mol. The van der Waals surface area contributed by atoms with Gasteiger partial charge in [-0.15, -0.1) is 0 Å². The van der Waals surface area contributed by atoms with Crippen LogP contribution in [0.25, 0.3) is 0 Å². The number of carbonyl (C=O) groups is 2. The number of ether oxygens (including phenoxy) is 3. The second kappa shape index (κ2) is 9.76. The third-order valence-corrected chi connectivity index (χ3v) is 6.41. The molecule has 3 fully saturated rings. The fraction of sp³-hybridized carbons (Fsp3) is 0.636. The highest BCUT2D eigenvalue weighted by Crippen LogP contribution is 2.36.